The second kappa shape index (κ2) is 4.01. The zero-order valence-electron chi connectivity index (χ0n) is 9.00. The molecule has 0 radical (unpaired) electrons. The molecule has 80 valence electrons. The molecule has 0 N–H and O–H groups in total. The van der Waals surface area contributed by atoms with Crippen LogP contribution < -0.4 is 0 Å². The fraction of sp³-hybridized carbons (Fsp3) is 0.917. The van der Waals surface area contributed by atoms with Crippen LogP contribution in [-0.2, 0) is 9.53 Å². The Morgan fingerprint density at radius 1 is 1.36 bits per heavy atom. The summed E-state index contributed by atoms with van der Waals surface area (Å²) in [6.45, 7) is 3.90. The molecule has 0 aromatic rings. The number of hydrogen-bond acceptors (Lipinski definition) is 2. The molecular formula is C12H20O2. The number of hydrogen-bond donors (Lipinski definition) is 0. The fourth-order valence-corrected chi connectivity index (χ4v) is 3.23. The molecule has 3 atom stereocenters. The van der Waals surface area contributed by atoms with Gasteiger partial charge in [0.2, 0.25) is 0 Å². The molecule has 1 aliphatic carbocycles. The summed E-state index contributed by atoms with van der Waals surface area (Å²) in [5.41, 5.74) is -0.0469. The van der Waals surface area contributed by atoms with E-state index in [1.165, 1.54) is 25.5 Å². The summed E-state index contributed by atoms with van der Waals surface area (Å²) < 4.78 is 5.43. The van der Waals surface area contributed by atoms with E-state index in [1.54, 1.807) is 0 Å². The Bertz CT molecular complexity index is 208. The topological polar surface area (TPSA) is 26.3 Å². The highest BCUT2D eigenvalue weighted by molar-refractivity contribution is 5.61. The van der Waals surface area contributed by atoms with Gasteiger partial charge in [-0.3, -0.25) is 0 Å². The summed E-state index contributed by atoms with van der Waals surface area (Å²) in [6, 6.07) is 0. The van der Waals surface area contributed by atoms with Gasteiger partial charge in [-0.2, -0.15) is 0 Å². The van der Waals surface area contributed by atoms with Gasteiger partial charge in [-0.05, 0) is 31.1 Å². The Kier molecular flexibility index (Phi) is 2.91. The number of aldehydes is 1. The second-order valence-electron chi connectivity index (χ2n) is 4.94. The number of rotatable bonds is 2. The third kappa shape index (κ3) is 1.50. The van der Waals surface area contributed by atoms with E-state index in [4.69, 9.17) is 4.74 Å². The molecule has 1 aliphatic heterocycles. The first-order valence-electron chi connectivity index (χ1n) is 5.83. The zero-order valence-corrected chi connectivity index (χ0v) is 9.00. The average molecular weight is 196 g/mol. The van der Waals surface area contributed by atoms with E-state index in [0.29, 0.717) is 11.8 Å². The maximum absolute atomic E-state index is 11.4. The molecule has 1 heterocycles. The number of ether oxygens (including phenoxy) is 1. The molecule has 1 saturated heterocycles. The van der Waals surface area contributed by atoms with E-state index < -0.39 is 0 Å². The van der Waals surface area contributed by atoms with Crippen LogP contribution in [-0.4, -0.2) is 19.5 Å². The molecule has 0 amide bonds. The Hall–Kier alpha value is -0.370. The molecule has 0 aromatic carbocycles. The third-order valence-electron chi connectivity index (χ3n) is 4.32. The average Bonchev–Trinajstić information content (AvgIpc) is 2.72. The Labute approximate surface area is 86.0 Å². The van der Waals surface area contributed by atoms with Crippen LogP contribution in [0.2, 0.25) is 0 Å². The van der Waals surface area contributed by atoms with E-state index in [1.807, 2.05) is 0 Å². The maximum Gasteiger partial charge on any atom is 0.126 e. The van der Waals surface area contributed by atoms with Crippen LogP contribution in [0.4, 0.5) is 0 Å². The first kappa shape index (κ1) is 10.2. The molecular weight excluding hydrogens is 176 g/mol. The van der Waals surface area contributed by atoms with E-state index in [2.05, 4.69) is 6.92 Å². The molecule has 3 unspecified atom stereocenters. The first-order chi connectivity index (χ1) is 6.79. The highest BCUT2D eigenvalue weighted by Gasteiger charge is 2.45. The van der Waals surface area contributed by atoms with Gasteiger partial charge in [0.05, 0.1) is 6.61 Å². The van der Waals surface area contributed by atoms with Crippen molar-refractivity contribution in [2.75, 3.05) is 13.2 Å². The van der Waals surface area contributed by atoms with E-state index in [-0.39, 0.29) is 5.41 Å². The van der Waals surface area contributed by atoms with Gasteiger partial charge >= 0.3 is 0 Å². The first-order valence-corrected chi connectivity index (χ1v) is 5.83. The smallest absolute Gasteiger partial charge is 0.126 e. The van der Waals surface area contributed by atoms with Crippen LogP contribution in [0.5, 0.6) is 0 Å². The maximum atomic E-state index is 11.4. The molecule has 0 spiro atoms. The summed E-state index contributed by atoms with van der Waals surface area (Å²) >= 11 is 0. The van der Waals surface area contributed by atoms with Crippen molar-refractivity contribution in [2.45, 2.75) is 39.0 Å². The molecule has 2 nitrogen and oxygen atoms in total. The monoisotopic (exact) mass is 196 g/mol. The summed E-state index contributed by atoms with van der Waals surface area (Å²) in [7, 11) is 0. The minimum Gasteiger partial charge on any atom is -0.381 e. The second-order valence-corrected chi connectivity index (χ2v) is 4.94. The Morgan fingerprint density at radius 2 is 2.21 bits per heavy atom. The van der Waals surface area contributed by atoms with Gasteiger partial charge in [-0.25, -0.2) is 0 Å². The third-order valence-corrected chi connectivity index (χ3v) is 4.32. The molecule has 2 heteroatoms. The predicted molar refractivity (Wildman–Crippen MR) is 55.1 cm³/mol. The van der Waals surface area contributed by atoms with Gasteiger partial charge in [0, 0.05) is 12.0 Å². The molecule has 2 fully saturated rings. The van der Waals surface area contributed by atoms with E-state index >= 15 is 0 Å². The lowest BCUT2D eigenvalue weighted by Crippen LogP contribution is -2.41. The van der Waals surface area contributed by atoms with Crippen LogP contribution in [0.3, 0.4) is 0 Å². The van der Waals surface area contributed by atoms with Gasteiger partial charge in [0.1, 0.15) is 6.29 Å². The van der Waals surface area contributed by atoms with Gasteiger partial charge in [-0.15, -0.1) is 0 Å². The van der Waals surface area contributed by atoms with Crippen LogP contribution in [0, 0.1) is 17.3 Å². The molecule has 0 aromatic heterocycles. The SMILES string of the molecule is CC1CCCCC1(C=O)C1CCOC1. The Balaban J connectivity index is 2.16. The lowest BCUT2D eigenvalue weighted by atomic mass is 9.61. The quantitative estimate of drug-likeness (QED) is 0.634. The van der Waals surface area contributed by atoms with Crippen LogP contribution >= 0.6 is 0 Å². The van der Waals surface area contributed by atoms with E-state index in [0.717, 1.165) is 26.1 Å². The molecule has 0 bridgehead atoms. The van der Waals surface area contributed by atoms with Crippen molar-refractivity contribution in [1.82, 2.24) is 0 Å². The molecule has 1 saturated carbocycles. The van der Waals surface area contributed by atoms with Crippen molar-refractivity contribution in [3.63, 3.8) is 0 Å². The molecule has 2 rings (SSSR count). The van der Waals surface area contributed by atoms with Gasteiger partial charge < -0.3 is 9.53 Å². The standard InChI is InChI=1S/C12H20O2/c1-10-4-2-3-6-12(10,9-13)11-5-7-14-8-11/h9-11H,2-8H2,1H3. The predicted octanol–water partition coefficient (Wildman–Crippen LogP) is 2.42. The minimum atomic E-state index is -0.0469. The minimum absolute atomic E-state index is 0.0469. The van der Waals surface area contributed by atoms with Gasteiger partial charge in [0.25, 0.3) is 0 Å². The number of carbonyl (C=O) groups excluding carboxylic acids is 1. The lowest BCUT2D eigenvalue weighted by Gasteiger charge is -2.42. The van der Waals surface area contributed by atoms with Gasteiger partial charge in [-0.1, -0.05) is 19.8 Å². The highest BCUT2D eigenvalue weighted by Crippen LogP contribution is 2.47. The summed E-state index contributed by atoms with van der Waals surface area (Å²) in [5, 5.41) is 0. The summed E-state index contributed by atoms with van der Waals surface area (Å²) in [6.07, 6.45) is 7.16. The largest absolute Gasteiger partial charge is 0.381 e. The normalized spacial score (nSPS) is 43.8. The van der Waals surface area contributed by atoms with Gasteiger partial charge in [0.15, 0.2) is 0 Å². The fourth-order valence-electron chi connectivity index (χ4n) is 3.23. The molecule has 14 heavy (non-hydrogen) atoms. The van der Waals surface area contributed by atoms with E-state index in [9.17, 15) is 4.79 Å². The van der Waals surface area contributed by atoms with Crippen molar-refractivity contribution < 1.29 is 9.53 Å². The highest BCUT2D eigenvalue weighted by atomic mass is 16.5. The van der Waals surface area contributed by atoms with Crippen molar-refractivity contribution in [3.8, 4) is 0 Å². The van der Waals surface area contributed by atoms with Crippen molar-refractivity contribution in [2.24, 2.45) is 17.3 Å². The van der Waals surface area contributed by atoms with Crippen LogP contribution in [0.1, 0.15) is 39.0 Å². The Morgan fingerprint density at radius 3 is 2.79 bits per heavy atom. The van der Waals surface area contributed by atoms with Crippen molar-refractivity contribution >= 4 is 6.29 Å². The molecule has 2 aliphatic rings. The lowest BCUT2D eigenvalue weighted by molar-refractivity contribution is -0.125. The number of carbonyl (C=O) groups is 1. The van der Waals surface area contributed by atoms with Crippen molar-refractivity contribution in [1.29, 1.82) is 0 Å². The van der Waals surface area contributed by atoms with Crippen LogP contribution in [0.25, 0.3) is 0 Å². The zero-order chi connectivity index (χ0) is 10.0. The summed E-state index contributed by atoms with van der Waals surface area (Å²) in [5.74, 6) is 1.05. The van der Waals surface area contributed by atoms with Crippen LogP contribution in [0.15, 0.2) is 0 Å². The van der Waals surface area contributed by atoms with Crippen molar-refractivity contribution in [3.05, 3.63) is 0 Å². The summed E-state index contributed by atoms with van der Waals surface area (Å²) in [4.78, 5) is 11.4.